The van der Waals surface area contributed by atoms with Gasteiger partial charge in [0.2, 0.25) is 0 Å². The van der Waals surface area contributed by atoms with E-state index < -0.39 is 5.41 Å². The minimum atomic E-state index is -0.819. The number of anilines is 6. The number of hydrogen-bond acceptors (Lipinski definition) is 4. The molecular weight excluding hydrogens is 1020 g/mol. The van der Waals surface area contributed by atoms with Crippen LogP contribution in [0, 0.1) is 0 Å². The van der Waals surface area contributed by atoms with Crippen LogP contribution in [-0.4, -0.2) is 15.0 Å². The Balaban J connectivity index is 1.07. The average molecular weight is 1060 g/mol. The minimum Gasteiger partial charge on any atom is -0.0617 e. The van der Waals surface area contributed by atoms with Crippen molar-refractivity contribution in [1.29, 1.82) is 0 Å². The summed E-state index contributed by atoms with van der Waals surface area (Å²) in [5.74, 6) is 0. The molecule has 0 saturated heterocycles. The number of para-hydroxylation sites is 4. The Morgan fingerprint density at radius 1 is 0.295 bits per heavy atom. The molecule has 1 aliphatic heterocycles. The van der Waals surface area contributed by atoms with E-state index >= 15 is 0 Å². The summed E-state index contributed by atoms with van der Waals surface area (Å²) < 4.78 is 17.7. The molecule has 16 rings (SSSR count). The molecule has 12 aromatic carbocycles. The second kappa shape index (κ2) is 17.7. The van der Waals surface area contributed by atoms with E-state index in [-0.39, 0.29) is 15.0 Å². The molecule has 2 aliphatic rings. The molecule has 1 spiro atoms. The molecule has 0 atom stereocenters. The first kappa shape index (κ1) is 44.6. The fourth-order valence-corrected chi connectivity index (χ4v) is 15.3. The van der Waals surface area contributed by atoms with Crippen molar-refractivity contribution in [2.75, 3.05) is 9.80 Å². The van der Waals surface area contributed by atoms with Gasteiger partial charge in [-0.15, -0.1) is 0 Å². The number of benzene rings is 12. The topological polar surface area (TPSA) is 32.8 Å². The summed E-state index contributed by atoms with van der Waals surface area (Å²) in [5.41, 5.74) is 20.4. The number of rotatable bonds is 8. The quantitative estimate of drug-likeness (QED) is 0.142. The van der Waals surface area contributed by atoms with E-state index in [4.69, 9.17) is 8.83 Å². The first-order valence-corrected chi connectivity index (χ1v) is 28.3. The van der Waals surface area contributed by atoms with Gasteiger partial charge >= 0.3 is 400 Å². The van der Waals surface area contributed by atoms with Crippen LogP contribution >= 0.6 is 0 Å². The number of nitrogens with zero attached hydrogens (tertiary/aromatic N) is 2. The standard InChI is InChI=1S/C73H46N2O2Se/c1-5-21-47(22-6-1)49-37-41-53(42-38-49)74(51-25-9-3-10-26-51)61-45-59-69(71-67(61)55-29-13-17-33-63(55)76-71)70-60(73(59)57-31-15-19-35-65(57)78-66-36-20-16-32-58(66)73)46-62(68-56-30-14-18-34-64(56)77-72(68)70)75(52-27-11-4-12-28-52)54-43-39-50(40-44-54)48-23-7-2-8-24-48/h1-46H. The van der Waals surface area contributed by atoms with Crippen LogP contribution in [0.5, 0.6) is 0 Å². The summed E-state index contributed by atoms with van der Waals surface area (Å²) in [5, 5.41) is 4.19. The van der Waals surface area contributed by atoms with Crippen molar-refractivity contribution in [1.82, 2.24) is 0 Å². The predicted molar refractivity (Wildman–Crippen MR) is 324 cm³/mol. The molecule has 1 aliphatic carbocycles. The zero-order valence-electron chi connectivity index (χ0n) is 42.2. The molecule has 0 bridgehead atoms. The molecule has 78 heavy (non-hydrogen) atoms. The third-order valence-electron chi connectivity index (χ3n) is 16.1. The fourth-order valence-electron chi connectivity index (χ4n) is 12.8. The van der Waals surface area contributed by atoms with Gasteiger partial charge in [-0.05, 0) is 0 Å². The van der Waals surface area contributed by atoms with Gasteiger partial charge in [0.15, 0.2) is 0 Å². The van der Waals surface area contributed by atoms with E-state index in [0.717, 1.165) is 111 Å². The van der Waals surface area contributed by atoms with E-state index in [1.54, 1.807) is 0 Å². The zero-order valence-corrected chi connectivity index (χ0v) is 43.9. The Morgan fingerprint density at radius 3 is 1.05 bits per heavy atom. The van der Waals surface area contributed by atoms with Gasteiger partial charge in [0, 0.05) is 0 Å². The summed E-state index contributed by atoms with van der Waals surface area (Å²) in [7, 11) is 0. The van der Waals surface area contributed by atoms with Crippen molar-refractivity contribution in [3.05, 3.63) is 301 Å². The normalized spacial score (nSPS) is 12.9. The van der Waals surface area contributed by atoms with Crippen molar-refractivity contribution in [3.63, 3.8) is 0 Å². The molecule has 0 unspecified atom stereocenters. The molecule has 0 fully saturated rings. The Labute approximate surface area is 457 Å². The van der Waals surface area contributed by atoms with Gasteiger partial charge in [-0.1, -0.05) is 60.7 Å². The van der Waals surface area contributed by atoms with Crippen molar-refractivity contribution >= 4 is 102 Å². The van der Waals surface area contributed by atoms with Gasteiger partial charge in [0.25, 0.3) is 0 Å². The second-order valence-electron chi connectivity index (χ2n) is 20.3. The molecule has 0 N–H and O–H groups in total. The zero-order chi connectivity index (χ0) is 51.3. The third kappa shape index (κ3) is 6.66. The molecule has 0 amide bonds. The fraction of sp³-hybridized carbons (Fsp3) is 0.0137. The van der Waals surface area contributed by atoms with E-state index in [0.29, 0.717) is 0 Å². The maximum atomic E-state index is 7.51. The average Bonchev–Trinajstić information content (AvgIpc) is 4.37. The van der Waals surface area contributed by atoms with E-state index in [1.807, 2.05) is 0 Å². The molecule has 2 aromatic heterocycles. The smallest absolute Gasteiger partial charge is 0.0544 e. The van der Waals surface area contributed by atoms with Gasteiger partial charge in [0.1, 0.15) is 0 Å². The van der Waals surface area contributed by atoms with Crippen molar-refractivity contribution in [2.24, 2.45) is 0 Å². The molecule has 3 heterocycles. The number of hydrogen-bond donors (Lipinski definition) is 0. The summed E-state index contributed by atoms with van der Waals surface area (Å²) in [6.45, 7) is 0. The minimum absolute atomic E-state index is 0.0348. The molecule has 5 heteroatoms. The van der Waals surface area contributed by atoms with Gasteiger partial charge in [-0.3, -0.25) is 0 Å². The monoisotopic (exact) mass is 1060 g/mol. The van der Waals surface area contributed by atoms with Crippen molar-refractivity contribution in [2.45, 2.75) is 5.41 Å². The Bertz CT molecular complexity index is 4330. The Hall–Kier alpha value is -9.64. The van der Waals surface area contributed by atoms with Crippen LogP contribution < -0.4 is 18.7 Å². The van der Waals surface area contributed by atoms with Gasteiger partial charge in [-0.25, -0.2) is 0 Å². The van der Waals surface area contributed by atoms with Crippen LogP contribution in [0.4, 0.5) is 34.1 Å². The molecule has 14 aromatic rings. The maximum absolute atomic E-state index is 7.51. The van der Waals surface area contributed by atoms with Crippen LogP contribution in [0.25, 0.3) is 77.3 Å². The van der Waals surface area contributed by atoms with E-state index in [1.165, 1.54) is 31.2 Å². The molecule has 4 nitrogen and oxygen atoms in total. The number of fused-ring (bicyclic) bond motifs is 17. The summed E-state index contributed by atoms with van der Waals surface area (Å²) >= 11 is 0.0348. The van der Waals surface area contributed by atoms with E-state index in [2.05, 4.69) is 289 Å². The van der Waals surface area contributed by atoms with Crippen molar-refractivity contribution < 1.29 is 8.83 Å². The van der Waals surface area contributed by atoms with Crippen LogP contribution in [0.2, 0.25) is 0 Å². The van der Waals surface area contributed by atoms with Crippen LogP contribution in [0.1, 0.15) is 22.3 Å². The summed E-state index contributed by atoms with van der Waals surface area (Å²) in [6.07, 6.45) is 0. The Kier molecular flexibility index (Phi) is 10.1. The Morgan fingerprint density at radius 2 is 0.628 bits per heavy atom. The van der Waals surface area contributed by atoms with Crippen LogP contribution in [-0.2, 0) is 5.41 Å². The SMILES string of the molecule is c1ccc(-c2ccc(N(c3ccccc3)c3cc4c(c5oc6ccccc6c35)-c3c(cc(N(c5ccccc5)c5ccc(-c6ccccc6)cc5)c5c3oc3ccccc35)C43c4ccccc4[Se]c4ccccc43)cc2)cc1. The summed E-state index contributed by atoms with van der Waals surface area (Å²) in [4.78, 5) is 4.89. The van der Waals surface area contributed by atoms with Gasteiger partial charge in [0.05, 0.1) is 0 Å². The predicted octanol–water partition coefficient (Wildman–Crippen LogP) is 18.1. The van der Waals surface area contributed by atoms with Gasteiger partial charge in [-0.2, -0.15) is 0 Å². The van der Waals surface area contributed by atoms with Crippen molar-refractivity contribution in [3.8, 4) is 33.4 Å². The number of furan rings is 2. The molecule has 0 radical (unpaired) electrons. The molecule has 0 saturated carbocycles. The molecular formula is C73H46N2O2Se. The van der Waals surface area contributed by atoms with Crippen LogP contribution in [0.15, 0.2) is 288 Å². The van der Waals surface area contributed by atoms with Crippen LogP contribution in [0.3, 0.4) is 0 Å². The third-order valence-corrected chi connectivity index (χ3v) is 18.5. The largest absolute Gasteiger partial charge is 0.0617 e. The maximum Gasteiger partial charge on any atom is -0.0544 e. The van der Waals surface area contributed by atoms with Gasteiger partial charge < -0.3 is 0 Å². The van der Waals surface area contributed by atoms with E-state index in [9.17, 15) is 0 Å². The first-order chi connectivity index (χ1) is 38.7. The summed E-state index contributed by atoms with van der Waals surface area (Å²) in [6, 6.07) is 102. The second-order valence-corrected chi connectivity index (χ2v) is 22.5. The first-order valence-electron chi connectivity index (χ1n) is 26.6. The molecule has 366 valence electrons.